The number of likely N-dealkylation sites (tertiary alicyclic amines) is 1. The van der Waals surface area contributed by atoms with Crippen molar-refractivity contribution in [3.63, 3.8) is 0 Å². The molecule has 4 atom stereocenters. The number of amides is 2. The van der Waals surface area contributed by atoms with Gasteiger partial charge in [0.25, 0.3) is 0 Å². The van der Waals surface area contributed by atoms with Crippen molar-refractivity contribution >= 4 is 23.9 Å². The minimum atomic E-state index is -0.833. The maximum atomic E-state index is 13.7. The lowest BCUT2D eigenvalue weighted by Gasteiger charge is -2.31. The number of imide groups is 1. The number of ether oxygens (including phenoxy) is 2. The van der Waals surface area contributed by atoms with Crippen LogP contribution in [0.4, 0.5) is 0 Å². The van der Waals surface area contributed by atoms with Gasteiger partial charge in [-0.2, -0.15) is 0 Å². The van der Waals surface area contributed by atoms with Gasteiger partial charge >= 0.3 is 5.97 Å². The van der Waals surface area contributed by atoms with Crippen molar-refractivity contribution in [1.82, 2.24) is 4.90 Å². The molecule has 3 aliphatic rings. The lowest BCUT2D eigenvalue weighted by atomic mass is 9.69. The number of nitrogens with zero attached hydrogens (tertiary/aromatic N) is 1. The number of phenols is 1. The van der Waals surface area contributed by atoms with E-state index < -0.39 is 17.8 Å². The van der Waals surface area contributed by atoms with Crippen LogP contribution in [0, 0.1) is 31.6 Å². The van der Waals surface area contributed by atoms with Gasteiger partial charge in [0.05, 0.1) is 24.5 Å². The van der Waals surface area contributed by atoms with Crippen LogP contribution >= 0.6 is 0 Å². The fourth-order valence-electron chi connectivity index (χ4n) is 7.09. The van der Waals surface area contributed by atoms with E-state index >= 15 is 0 Å². The van der Waals surface area contributed by atoms with Crippen LogP contribution in [-0.2, 0) is 19.1 Å². The summed E-state index contributed by atoms with van der Waals surface area (Å²) in [5, 5.41) is 19.0. The summed E-state index contributed by atoms with van der Waals surface area (Å²) < 4.78 is 12.6. The zero-order valence-electron chi connectivity index (χ0n) is 25.9. The summed E-state index contributed by atoms with van der Waals surface area (Å²) >= 11 is 0. The number of carbonyl (C=O) groups is 3. The van der Waals surface area contributed by atoms with Gasteiger partial charge in [-0.1, -0.05) is 36.3 Å². The van der Waals surface area contributed by atoms with Gasteiger partial charge < -0.3 is 19.7 Å². The summed E-state index contributed by atoms with van der Waals surface area (Å²) in [5.74, 6) is -1.01. The number of hydrogen-bond donors (Lipinski definition) is 2. The Morgan fingerprint density at radius 3 is 2.45 bits per heavy atom. The van der Waals surface area contributed by atoms with E-state index in [0.29, 0.717) is 51.2 Å². The van der Waals surface area contributed by atoms with E-state index in [0.717, 1.165) is 46.4 Å². The first kappa shape index (κ1) is 31.5. The van der Waals surface area contributed by atoms with Gasteiger partial charge in [-0.25, -0.2) is 0 Å². The molecule has 234 valence electrons. The van der Waals surface area contributed by atoms with Crippen LogP contribution in [0.15, 0.2) is 59.2 Å². The minimum absolute atomic E-state index is 0.0921. The number of carbonyl (C=O) groups excluding carboxylic acids is 2. The molecule has 0 unspecified atom stereocenters. The first-order valence-corrected chi connectivity index (χ1v) is 15.7. The average molecular weight is 602 g/mol. The minimum Gasteiger partial charge on any atom is -0.507 e. The Morgan fingerprint density at radius 2 is 1.75 bits per heavy atom. The highest BCUT2D eigenvalue weighted by molar-refractivity contribution is 6.06. The van der Waals surface area contributed by atoms with Crippen molar-refractivity contribution in [1.29, 1.82) is 0 Å². The number of rotatable bonds is 13. The van der Waals surface area contributed by atoms with Crippen LogP contribution in [0.1, 0.15) is 68.6 Å². The summed E-state index contributed by atoms with van der Waals surface area (Å²) in [4.78, 5) is 39.5. The lowest BCUT2D eigenvalue weighted by Crippen LogP contribution is -2.35. The molecule has 0 saturated carbocycles. The number of phenolic OH excluding ortho intramolecular Hbond substituents is 1. The molecule has 0 spiro atoms. The van der Waals surface area contributed by atoms with Crippen LogP contribution in [-0.4, -0.2) is 58.8 Å². The number of aromatic hydroxyl groups is 1. The fraction of sp³-hybridized carbons (Fsp3) is 0.472. The Kier molecular flexibility index (Phi) is 9.89. The molecule has 0 bridgehead atoms. The van der Waals surface area contributed by atoms with E-state index in [-0.39, 0.29) is 30.3 Å². The summed E-state index contributed by atoms with van der Waals surface area (Å²) in [6.07, 6.45) is 5.90. The second-order valence-electron chi connectivity index (χ2n) is 12.5. The quantitative estimate of drug-likeness (QED) is 0.159. The molecule has 44 heavy (non-hydrogen) atoms. The predicted molar refractivity (Wildman–Crippen MR) is 167 cm³/mol. The van der Waals surface area contributed by atoms with Crippen molar-refractivity contribution in [2.24, 2.45) is 17.8 Å². The SMILES string of the molecule is C/C(=C\c1cc(C)c(O)c(C)c1)CC[C@H]1OC[C@H]2C1=C(COc1ccccc1)C[C@H]1C(=O)N(CCCCCC(=O)O)C(=O)[C@H]12. The van der Waals surface area contributed by atoms with E-state index in [4.69, 9.17) is 14.6 Å². The zero-order valence-corrected chi connectivity index (χ0v) is 25.9. The van der Waals surface area contributed by atoms with Gasteiger partial charge in [-0.3, -0.25) is 19.3 Å². The van der Waals surface area contributed by atoms with E-state index in [9.17, 15) is 19.5 Å². The standard InChI is InChI=1S/C36H43NO7/c1-22(16-25-17-23(2)34(40)24(3)18-25)13-14-30-32-26(20-43-27-10-6-4-7-11-27)19-28-33(29(32)21-44-30)36(42)37(35(28)41)15-9-5-8-12-31(38)39/h4,6-7,10-11,16-18,28-30,33,40H,5,8-9,12-15,19-21H2,1-3H3,(H,38,39)/b22-16+/t28-,29+,30-,33-/m1/s1. The van der Waals surface area contributed by atoms with Gasteiger partial charge in [0.2, 0.25) is 11.8 Å². The molecule has 1 aliphatic carbocycles. The molecule has 8 nitrogen and oxygen atoms in total. The largest absolute Gasteiger partial charge is 0.507 e. The third kappa shape index (κ3) is 6.91. The Balaban J connectivity index is 1.33. The smallest absolute Gasteiger partial charge is 0.303 e. The molecular formula is C36H43NO7. The highest BCUT2D eigenvalue weighted by atomic mass is 16.5. The predicted octanol–water partition coefficient (Wildman–Crippen LogP) is 6.23. The van der Waals surface area contributed by atoms with Crippen molar-refractivity contribution in [2.75, 3.05) is 19.8 Å². The lowest BCUT2D eigenvalue weighted by molar-refractivity contribution is -0.141. The van der Waals surface area contributed by atoms with Crippen molar-refractivity contribution in [3.05, 3.63) is 75.9 Å². The number of benzene rings is 2. The third-order valence-corrected chi connectivity index (χ3v) is 9.26. The van der Waals surface area contributed by atoms with Gasteiger partial charge in [0, 0.05) is 18.9 Å². The third-order valence-electron chi connectivity index (χ3n) is 9.26. The molecule has 2 aromatic rings. The maximum Gasteiger partial charge on any atom is 0.303 e. The van der Waals surface area contributed by atoms with Crippen LogP contribution < -0.4 is 4.74 Å². The Bertz CT molecular complexity index is 1440. The number of aliphatic carboxylic acids is 1. The average Bonchev–Trinajstić information content (AvgIpc) is 3.52. The second-order valence-corrected chi connectivity index (χ2v) is 12.5. The molecule has 2 aliphatic heterocycles. The number of aryl methyl sites for hydroxylation is 2. The Hall–Kier alpha value is -3.91. The zero-order chi connectivity index (χ0) is 31.4. The molecule has 0 radical (unpaired) electrons. The molecule has 2 heterocycles. The van der Waals surface area contributed by atoms with Gasteiger partial charge in [0.15, 0.2) is 0 Å². The maximum absolute atomic E-state index is 13.7. The van der Waals surface area contributed by atoms with Crippen molar-refractivity contribution in [2.45, 2.75) is 71.8 Å². The van der Waals surface area contributed by atoms with E-state index in [1.807, 2.05) is 56.3 Å². The van der Waals surface area contributed by atoms with Gasteiger partial charge in [-0.05, 0) is 105 Å². The van der Waals surface area contributed by atoms with Crippen LogP contribution in [0.2, 0.25) is 0 Å². The molecule has 2 N–H and O–H groups in total. The van der Waals surface area contributed by atoms with Crippen molar-refractivity contribution < 1.29 is 34.1 Å². The summed E-state index contributed by atoms with van der Waals surface area (Å²) in [5.41, 5.74) is 6.12. The van der Waals surface area contributed by atoms with Crippen LogP contribution in [0.25, 0.3) is 6.08 Å². The molecule has 2 fully saturated rings. The number of carboxylic acid groups (broad SMARTS) is 1. The number of unbranched alkanes of at least 4 members (excludes halogenated alkanes) is 2. The molecule has 0 aromatic heterocycles. The number of hydrogen-bond acceptors (Lipinski definition) is 6. The van der Waals surface area contributed by atoms with Crippen LogP contribution in [0.3, 0.4) is 0 Å². The summed E-state index contributed by atoms with van der Waals surface area (Å²) in [6, 6.07) is 13.6. The number of allylic oxidation sites excluding steroid dienone is 1. The highest BCUT2D eigenvalue weighted by Gasteiger charge is 2.56. The molecular weight excluding hydrogens is 558 g/mol. The number of para-hydroxylation sites is 1. The molecule has 2 saturated heterocycles. The summed E-state index contributed by atoms with van der Waals surface area (Å²) in [6.45, 7) is 6.98. The van der Waals surface area contributed by atoms with E-state index in [1.54, 1.807) is 0 Å². The monoisotopic (exact) mass is 601 g/mol. The van der Waals surface area contributed by atoms with E-state index in [2.05, 4.69) is 13.0 Å². The number of carboxylic acids is 1. The highest BCUT2D eigenvalue weighted by Crippen LogP contribution is 2.50. The topological polar surface area (TPSA) is 113 Å². The van der Waals surface area contributed by atoms with E-state index in [1.165, 1.54) is 10.5 Å². The van der Waals surface area contributed by atoms with Crippen molar-refractivity contribution in [3.8, 4) is 11.5 Å². The fourth-order valence-corrected chi connectivity index (χ4v) is 7.09. The van der Waals surface area contributed by atoms with Gasteiger partial charge in [0.1, 0.15) is 18.1 Å². The molecule has 8 heteroatoms. The molecule has 2 amide bonds. The number of fused-ring (bicyclic) bond motifs is 3. The Morgan fingerprint density at radius 1 is 1.02 bits per heavy atom. The Labute approximate surface area is 259 Å². The first-order chi connectivity index (χ1) is 21.1. The molecule has 2 aromatic carbocycles. The van der Waals surface area contributed by atoms with Crippen LogP contribution in [0.5, 0.6) is 11.5 Å². The normalized spacial score (nSPS) is 23.2. The second kappa shape index (κ2) is 13.8. The molecule has 5 rings (SSSR count). The first-order valence-electron chi connectivity index (χ1n) is 15.7. The van der Waals surface area contributed by atoms with Gasteiger partial charge in [-0.15, -0.1) is 0 Å². The summed E-state index contributed by atoms with van der Waals surface area (Å²) in [7, 11) is 0.